The Balaban J connectivity index is 1.76. The topological polar surface area (TPSA) is 78.4 Å². The summed E-state index contributed by atoms with van der Waals surface area (Å²) in [6, 6.07) is -0.224. The van der Waals surface area contributed by atoms with Crippen LogP contribution in [0.15, 0.2) is 0 Å². The Labute approximate surface area is 126 Å². The minimum Gasteiger partial charge on any atom is -0.481 e. The number of aliphatic carboxylic acids is 1. The highest BCUT2D eigenvalue weighted by Gasteiger charge is 2.50. The fraction of sp³-hybridized carbons (Fsp3) is 0.875. The molecular weight excluding hydrogens is 268 g/mol. The number of amides is 2. The number of carbonyl (C=O) groups is 2. The average molecular weight is 296 g/mol. The monoisotopic (exact) mass is 296 g/mol. The predicted octanol–water partition coefficient (Wildman–Crippen LogP) is 2.76. The number of carboxylic acid groups (broad SMARTS) is 1. The van der Waals surface area contributed by atoms with E-state index in [1.165, 1.54) is 25.7 Å². The predicted molar refractivity (Wildman–Crippen MR) is 81.1 cm³/mol. The molecule has 5 nitrogen and oxygen atoms in total. The summed E-state index contributed by atoms with van der Waals surface area (Å²) in [6.07, 6.45) is 7.34. The molecule has 2 fully saturated rings. The first-order chi connectivity index (χ1) is 9.88. The number of hydrogen-bond acceptors (Lipinski definition) is 2. The van der Waals surface area contributed by atoms with Gasteiger partial charge in [0.1, 0.15) is 0 Å². The summed E-state index contributed by atoms with van der Waals surface area (Å²) in [6.45, 7) is 5.40. The zero-order chi connectivity index (χ0) is 15.5. The van der Waals surface area contributed by atoms with Gasteiger partial charge in [-0.25, -0.2) is 4.79 Å². The van der Waals surface area contributed by atoms with Gasteiger partial charge in [0.15, 0.2) is 0 Å². The maximum atomic E-state index is 11.9. The van der Waals surface area contributed by atoms with Gasteiger partial charge >= 0.3 is 12.0 Å². The first-order valence-electron chi connectivity index (χ1n) is 8.13. The molecule has 0 unspecified atom stereocenters. The second kappa shape index (κ2) is 6.24. The number of nitrogens with one attached hydrogen (secondary N) is 2. The van der Waals surface area contributed by atoms with Crippen molar-refractivity contribution in [2.75, 3.05) is 13.1 Å². The van der Waals surface area contributed by atoms with Crippen LogP contribution in [-0.2, 0) is 4.79 Å². The molecule has 2 saturated carbocycles. The minimum absolute atomic E-state index is 0.224. The van der Waals surface area contributed by atoms with Crippen LogP contribution in [0.2, 0.25) is 0 Å². The molecule has 0 atom stereocenters. The molecule has 0 heterocycles. The van der Waals surface area contributed by atoms with E-state index in [0.717, 1.165) is 6.42 Å². The Morgan fingerprint density at radius 1 is 1.05 bits per heavy atom. The number of hydrogen-bond donors (Lipinski definition) is 3. The fourth-order valence-corrected chi connectivity index (χ4v) is 3.64. The van der Waals surface area contributed by atoms with Gasteiger partial charge in [0.05, 0.1) is 5.41 Å². The van der Waals surface area contributed by atoms with Crippen LogP contribution < -0.4 is 10.6 Å². The molecule has 3 N–H and O–H groups in total. The molecule has 21 heavy (non-hydrogen) atoms. The van der Waals surface area contributed by atoms with Crippen molar-refractivity contribution in [2.45, 2.75) is 58.8 Å². The van der Waals surface area contributed by atoms with Crippen molar-refractivity contribution < 1.29 is 14.7 Å². The normalized spacial score (nSPS) is 22.0. The van der Waals surface area contributed by atoms with Crippen LogP contribution >= 0.6 is 0 Å². The zero-order valence-corrected chi connectivity index (χ0v) is 13.2. The van der Waals surface area contributed by atoms with Gasteiger partial charge in [-0.1, -0.05) is 26.7 Å². The third kappa shape index (κ3) is 4.11. The van der Waals surface area contributed by atoms with Gasteiger partial charge in [0, 0.05) is 13.1 Å². The van der Waals surface area contributed by atoms with Crippen molar-refractivity contribution >= 4 is 12.0 Å². The lowest BCUT2D eigenvalue weighted by Gasteiger charge is -2.31. The summed E-state index contributed by atoms with van der Waals surface area (Å²) in [7, 11) is 0. The van der Waals surface area contributed by atoms with Crippen molar-refractivity contribution in [1.82, 2.24) is 10.6 Å². The quantitative estimate of drug-likeness (QED) is 0.676. The second-order valence-corrected chi connectivity index (χ2v) is 7.43. The van der Waals surface area contributed by atoms with Crippen molar-refractivity contribution in [3.8, 4) is 0 Å². The van der Waals surface area contributed by atoms with Gasteiger partial charge in [-0.05, 0) is 43.4 Å². The zero-order valence-electron chi connectivity index (χ0n) is 13.2. The fourth-order valence-electron chi connectivity index (χ4n) is 3.64. The molecule has 5 heteroatoms. The number of rotatable bonds is 7. The standard InChI is InChI=1S/C16H28N2O3/c1-12(2)9-15(5-3-4-6-15)10-17-14(21)18-11-16(7-8-16)13(19)20/h12H,3-11H2,1-2H3,(H,19,20)(H2,17,18,21). The van der Waals surface area contributed by atoms with Gasteiger partial charge in [-0.3, -0.25) is 4.79 Å². The van der Waals surface area contributed by atoms with E-state index in [4.69, 9.17) is 5.11 Å². The SMILES string of the molecule is CC(C)CC1(CNC(=O)NCC2(C(=O)O)CC2)CCCC1. The molecule has 0 aromatic carbocycles. The molecule has 120 valence electrons. The molecule has 0 aromatic rings. The molecule has 2 aliphatic rings. The lowest BCUT2D eigenvalue weighted by Crippen LogP contribution is -2.44. The van der Waals surface area contributed by atoms with E-state index in [1.807, 2.05) is 0 Å². The Hall–Kier alpha value is -1.26. The molecule has 0 spiro atoms. The van der Waals surface area contributed by atoms with E-state index in [0.29, 0.717) is 25.3 Å². The smallest absolute Gasteiger partial charge is 0.314 e. The molecule has 2 amide bonds. The maximum absolute atomic E-state index is 11.9. The van der Waals surface area contributed by atoms with Crippen molar-refractivity contribution in [3.63, 3.8) is 0 Å². The molecule has 2 aliphatic carbocycles. The summed E-state index contributed by atoms with van der Waals surface area (Å²) < 4.78 is 0. The van der Waals surface area contributed by atoms with E-state index in [9.17, 15) is 9.59 Å². The molecule has 0 aromatic heterocycles. The third-order valence-electron chi connectivity index (χ3n) is 5.02. The van der Waals surface area contributed by atoms with E-state index in [-0.39, 0.29) is 18.0 Å². The first-order valence-corrected chi connectivity index (χ1v) is 8.13. The molecule has 0 radical (unpaired) electrons. The van der Waals surface area contributed by atoms with Crippen LogP contribution in [0.3, 0.4) is 0 Å². The Bertz CT molecular complexity index is 396. The number of carbonyl (C=O) groups excluding carboxylic acids is 1. The van der Waals surface area contributed by atoms with Crippen LogP contribution in [-0.4, -0.2) is 30.2 Å². The molecule has 2 rings (SSSR count). The Morgan fingerprint density at radius 3 is 2.10 bits per heavy atom. The summed E-state index contributed by atoms with van der Waals surface area (Å²) in [5, 5.41) is 14.8. The van der Waals surface area contributed by atoms with E-state index < -0.39 is 11.4 Å². The number of urea groups is 1. The summed E-state index contributed by atoms with van der Waals surface area (Å²) in [4.78, 5) is 23.0. The van der Waals surface area contributed by atoms with Crippen LogP contribution in [0.4, 0.5) is 4.79 Å². The first kappa shape index (κ1) is 16.1. The highest BCUT2D eigenvalue weighted by Crippen LogP contribution is 2.45. The van der Waals surface area contributed by atoms with Crippen molar-refractivity contribution in [3.05, 3.63) is 0 Å². The molecule has 0 aliphatic heterocycles. The van der Waals surface area contributed by atoms with Gasteiger partial charge in [0.25, 0.3) is 0 Å². The molecular formula is C16H28N2O3. The lowest BCUT2D eigenvalue weighted by molar-refractivity contribution is -0.143. The van der Waals surface area contributed by atoms with Gasteiger partial charge in [-0.2, -0.15) is 0 Å². The van der Waals surface area contributed by atoms with Crippen LogP contribution in [0.1, 0.15) is 58.8 Å². The van der Waals surface area contributed by atoms with Crippen LogP contribution in [0.5, 0.6) is 0 Å². The Kier molecular flexibility index (Phi) is 4.79. The average Bonchev–Trinajstić information content (AvgIpc) is 3.08. The van der Waals surface area contributed by atoms with E-state index in [2.05, 4.69) is 24.5 Å². The van der Waals surface area contributed by atoms with Crippen LogP contribution in [0.25, 0.3) is 0 Å². The van der Waals surface area contributed by atoms with Gasteiger partial charge in [-0.15, -0.1) is 0 Å². The van der Waals surface area contributed by atoms with Gasteiger partial charge < -0.3 is 15.7 Å². The Morgan fingerprint density at radius 2 is 1.62 bits per heavy atom. The number of carboxylic acids is 1. The van der Waals surface area contributed by atoms with E-state index >= 15 is 0 Å². The molecule has 0 bridgehead atoms. The summed E-state index contributed by atoms with van der Waals surface area (Å²) in [5.41, 5.74) is -0.449. The largest absolute Gasteiger partial charge is 0.481 e. The van der Waals surface area contributed by atoms with Crippen molar-refractivity contribution in [2.24, 2.45) is 16.7 Å². The van der Waals surface area contributed by atoms with Crippen molar-refractivity contribution in [1.29, 1.82) is 0 Å². The van der Waals surface area contributed by atoms with E-state index in [1.54, 1.807) is 0 Å². The van der Waals surface area contributed by atoms with Gasteiger partial charge in [0.2, 0.25) is 0 Å². The minimum atomic E-state index is -0.796. The highest BCUT2D eigenvalue weighted by molar-refractivity contribution is 5.80. The molecule has 0 saturated heterocycles. The highest BCUT2D eigenvalue weighted by atomic mass is 16.4. The lowest BCUT2D eigenvalue weighted by atomic mass is 9.78. The van der Waals surface area contributed by atoms with Crippen LogP contribution in [0, 0.1) is 16.7 Å². The summed E-state index contributed by atoms with van der Waals surface area (Å²) in [5.74, 6) is -0.162. The summed E-state index contributed by atoms with van der Waals surface area (Å²) >= 11 is 0. The maximum Gasteiger partial charge on any atom is 0.314 e. The second-order valence-electron chi connectivity index (χ2n) is 7.43. The third-order valence-corrected chi connectivity index (χ3v) is 5.02.